The summed E-state index contributed by atoms with van der Waals surface area (Å²) in [5.74, 6) is 2.35. The van der Waals surface area contributed by atoms with Crippen molar-refractivity contribution >= 4 is 28.8 Å². The van der Waals surface area contributed by atoms with E-state index in [1.165, 1.54) is 6.07 Å². The highest BCUT2D eigenvalue weighted by Crippen LogP contribution is 2.31. The molecule has 5 rings (SSSR count). The van der Waals surface area contributed by atoms with Crippen LogP contribution in [0.1, 0.15) is 0 Å². The third-order valence-corrected chi connectivity index (χ3v) is 6.17. The second-order valence-corrected chi connectivity index (χ2v) is 8.02. The van der Waals surface area contributed by atoms with Gasteiger partial charge >= 0.3 is 0 Å². The van der Waals surface area contributed by atoms with E-state index in [4.69, 9.17) is 5.73 Å². The number of nitrogen functional groups attached to an aromatic ring is 1. The minimum atomic E-state index is -0.186. The third-order valence-electron chi connectivity index (χ3n) is 6.17. The van der Waals surface area contributed by atoms with Crippen LogP contribution >= 0.6 is 0 Å². The Morgan fingerprint density at radius 3 is 1.81 bits per heavy atom. The van der Waals surface area contributed by atoms with Crippen molar-refractivity contribution in [3.8, 4) is 0 Å². The minimum absolute atomic E-state index is 0.186. The van der Waals surface area contributed by atoms with Crippen molar-refractivity contribution < 1.29 is 4.39 Å². The number of rotatable bonds is 4. The summed E-state index contributed by atoms with van der Waals surface area (Å²) in [6, 6.07) is 12.9. The zero-order valence-corrected chi connectivity index (χ0v) is 17.9. The van der Waals surface area contributed by atoms with Crippen LogP contribution < -0.4 is 25.3 Å². The van der Waals surface area contributed by atoms with Gasteiger partial charge in [-0.05, 0) is 24.3 Å². The topological polar surface area (TPSA) is 77.6 Å². The van der Waals surface area contributed by atoms with Crippen LogP contribution in [-0.2, 0) is 0 Å². The highest BCUT2D eigenvalue weighted by atomic mass is 19.1. The molecule has 0 bridgehead atoms. The molecule has 0 amide bonds. The zero-order valence-electron chi connectivity index (χ0n) is 17.9. The van der Waals surface area contributed by atoms with E-state index < -0.39 is 0 Å². The van der Waals surface area contributed by atoms with Gasteiger partial charge in [0.1, 0.15) is 23.6 Å². The maximum atomic E-state index is 14.1. The molecule has 166 valence electrons. The first-order valence-corrected chi connectivity index (χ1v) is 11.0. The first kappa shape index (κ1) is 20.3. The quantitative estimate of drug-likeness (QED) is 0.670. The van der Waals surface area contributed by atoms with Crippen LogP contribution in [-0.4, -0.2) is 67.3 Å². The Morgan fingerprint density at radius 1 is 0.656 bits per heavy atom. The van der Waals surface area contributed by atoms with Gasteiger partial charge < -0.3 is 25.3 Å². The minimum Gasteiger partial charge on any atom is -0.393 e. The predicted molar refractivity (Wildman–Crippen MR) is 126 cm³/mol. The Balaban J connectivity index is 1.25. The number of nitrogens with zero attached hydrogens (tertiary/aromatic N) is 7. The van der Waals surface area contributed by atoms with Gasteiger partial charge in [0.15, 0.2) is 11.6 Å². The summed E-state index contributed by atoms with van der Waals surface area (Å²) in [5.41, 5.74) is 7.81. The van der Waals surface area contributed by atoms with Gasteiger partial charge in [0.25, 0.3) is 0 Å². The van der Waals surface area contributed by atoms with Gasteiger partial charge in [0.05, 0.1) is 5.69 Å². The molecule has 2 saturated heterocycles. The number of pyridine rings is 1. The van der Waals surface area contributed by atoms with Crippen molar-refractivity contribution in [3.63, 3.8) is 0 Å². The fraction of sp³-hybridized carbons (Fsp3) is 0.348. The van der Waals surface area contributed by atoms with Gasteiger partial charge in [-0.25, -0.2) is 19.3 Å². The van der Waals surface area contributed by atoms with Gasteiger partial charge in [-0.3, -0.25) is 0 Å². The lowest BCUT2D eigenvalue weighted by Gasteiger charge is -2.39. The molecule has 2 aliphatic heterocycles. The Bertz CT molecular complexity index is 1050. The SMILES string of the molecule is Nc1c(N2CCN(c3ccccn3)CC2)ncnc1N1CCN(c2ccccc2F)CC1. The Kier molecular flexibility index (Phi) is 5.62. The maximum absolute atomic E-state index is 14.1. The lowest BCUT2D eigenvalue weighted by Crippen LogP contribution is -2.48. The van der Waals surface area contributed by atoms with Crippen LogP contribution in [0, 0.1) is 5.82 Å². The number of nitrogens with two attached hydrogens (primary N) is 1. The summed E-state index contributed by atoms with van der Waals surface area (Å²) in [4.78, 5) is 22.2. The Hall–Kier alpha value is -3.62. The van der Waals surface area contributed by atoms with Crippen molar-refractivity contribution in [2.45, 2.75) is 0 Å². The standard InChI is InChI=1S/C23H27FN8/c24-18-5-1-2-6-19(18)29-9-13-31(14-10-29)22-21(25)23(28-17-27-22)32-15-11-30(12-16-32)20-7-3-4-8-26-20/h1-8,17H,9-16,25H2. The number of hydrogen-bond acceptors (Lipinski definition) is 8. The van der Waals surface area contributed by atoms with Crippen molar-refractivity contribution in [2.24, 2.45) is 0 Å². The van der Waals surface area contributed by atoms with E-state index in [-0.39, 0.29) is 5.82 Å². The fourth-order valence-corrected chi connectivity index (χ4v) is 4.44. The summed E-state index contributed by atoms with van der Waals surface area (Å²) < 4.78 is 14.1. The molecule has 1 aromatic carbocycles. The third kappa shape index (κ3) is 3.98. The summed E-state index contributed by atoms with van der Waals surface area (Å²) in [7, 11) is 0. The molecule has 4 heterocycles. The molecule has 2 N–H and O–H groups in total. The van der Waals surface area contributed by atoms with Gasteiger partial charge in [0.2, 0.25) is 0 Å². The lowest BCUT2D eigenvalue weighted by molar-refractivity contribution is 0.596. The molecule has 2 fully saturated rings. The van der Waals surface area contributed by atoms with Crippen molar-refractivity contribution in [1.82, 2.24) is 15.0 Å². The normalized spacial score (nSPS) is 17.0. The van der Waals surface area contributed by atoms with Crippen LogP contribution in [0.4, 0.5) is 33.2 Å². The second kappa shape index (κ2) is 8.86. The van der Waals surface area contributed by atoms with Gasteiger partial charge in [-0.2, -0.15) is 0 Å². The number of piperazine rings is 2. The van der Waals surface area contributed by atoms with E-state index in [2.05, 4.69) is 34.6 Å². The smallest absolute Gasteiger partial charge is 0.157 e. The highest BCUT2D eigenvalue weighted by molar-refractivity contribution is 5.76. The Morgan fingerprint density at radius 2 is 1.22 bits per heavy atom. The van der Waals surface area contributed by atoms with Crippen molar-refractivity contribution in [3.05, 3.63) is 60.8 Å². The molecule has 9 heteroatoms. The van der Waals surface area contributed by atoms with E-state index in [0.717, 1.165) is 56.7 Å². The summed E-state index contributed by atoms with van der Waals surface area (Å²) >= 11 is 0. The highest BCUT2D eigenvalue weighted by Gasteiger charge is 2.26. The molecular weight excluding hydrogens is 407 g/mol. The van der Waals surface area contributed by atoms with E-state index in [1.807, 2.05) is 36.5 Å². The molecule has 2 aliphatic rings. The van der Waals surface area contributed by atoms with Gasteiger partial charge in [-0.1, -0.05) is 18.2 Å². The molecule has 0 saturated carbocycles. The second-order valence-electron chi connectivity index (χ2n) is 8.02. The lowest BCUT2D eigenvalue weighted by atomic mass is 10.2. The van der Waals surface area contributed by atoms with Crippen LogP contribution in [0.2, 0.25) is 0 Å². The van der Waals surface area contributed by atoms with Gasteiger partial charge in [-0.15, -0.1) is 0 Å². The van der Waals surface area contributed by atoms with Crippen molar-refractivity contribution in [1.29, 1.82) is 0 Å². The van der Waals surface area contributed by atoms with Crippen LogP contribution in [0.25, 0.3) is 0 Å². The first-order chi connectivity index (χ1) is 15.7. The number of aromatic nitrogens is 3. The fourth-order valence-electron chi connectivity index (χ4n) is 4.44. The van der Waals surface area contributed by atoms with E-state index in [0.29, 0.717) is 24.5 Å². The number of anilines is 5. The average molecular weight is 435 g/mol. The first-order valence-electron chi connectivity index (χ1n) is 11.0. The Labute approximate surface area is 187 Å². The van der Waals surface area contributed by atoms with Crippen LogP contribution in [0.15, 0.2) is 55.0 Å². The average Bonchev–Trinajstić information content (AvgIpc) is 2.85. The number of para-hydroxylation sites is 1. The zero-order chi connectivity index (χ0) is 21.9. The molecule has 0 spiro atoms. The van der Waals surface area contributed by atoms with Crippen LogP contribution in [0.5, 0.6) is 0 Å². The molecule has 32 heavy (non-hydrogen) atoms. The van der Waals surface area contributed by atoms with E-state index in [1.54, 1.807) is 12.4 Å². The molecule has 8 nitrogen and oxygen atoms in total. The maximum Gasteiger partial charge on any atom is 0.157 e. The van der Waals surface area contributed by atoms with Crippen molar-refractivity contribution in [2.75, 3.05) is 77.7 Å². The molecular formula is C23H27FN8. The monoisotopic (exact) mass is 434 g/mol. The molecule has 0 radical (unpaired) electrons. The number of hydrogen-bond donors (Lipinski definition) is 1. The summed E-state index contributed by atoms with van der Waals surface area (Å²) in [5, 5.41) is 0. The predicted octanol–water partition coefficient (Wildman–Crippen LogP) is 2.25. The molecule has 0 atom stereocenters. The van der Waals surface area contributed by atoms with Gasteiger partial charge in [0, 0.05) is 58.6 Å². The molecule has 3 aromatic rings. The molecule has 0 unspecified atom stereocenters. The summed E-state index contributed by atoms with van der Waals surface area (Å²) in [6.07, 6.45) is 3.41. The molecule has 2 aromatic heterocycles. The number of halogens is 1. The largest absolute Gasteiger partial charge is 0.393 e. The number of benzene rings is 1. The van der Waals surface area contributed by atoms with E-state index >= 15 is 0 Å². The summed E-state index contributed by atoms with van der Waals surface area (Å²) in [6.45, 7) is 6.22. The van der Waals surface area contributed by atoms with E-state index in [9.17, 15) is 4.39 Å². The van der Waals surface area contributed by atoms with Crippen LogP contribution in [0.3, 0.4) is 0 Å². The molecule has 0 aliphatic carbocycles.